The van der Waals surface area contributed by atoms with E-state index in [0.717, 1.165) is 31.6 Å². The van der Waals surface area contributed by atoms with Crippen LogP contribution in [0, 0.1) is 0 Å². The molecule has 0 aromatic heterocycles. The van der Waals surface area contributed by atoms with Gasteiger partial charge in [-0.1, -0.05) is 42.5 Å². The molecule has 3 aromatic rings. The molecule has 1 atom stereocenters. The van der Waals surface area contributed by atoms with Crippen molar-refractivity contribution in [2.24, 2.45) is 0 Å². The van der Waals surface area contributed by atoms with Crippen LogP contribution in [-0.2, 0) is 23.1 Å². The quantitative estimate of drug-likeness (QED) is 0.501. The molecule has 182 valence electrons. The lowest BCUT2D eigenvalue weighted by Crippen LogP contribution is -2.37. The second kappa shape index (κ2) is 10.1. The number of carbonyl (C=O) groups is 1. The lowest BCUT2D eigenvalue weighted by Gasteiger charge is -2.17. The van der Waals surface area contributed by atoms with E-state index in [-0.39, 0.29) is 30.2 Å². The first-order chi connectivity index (χ1) is 17.0. The van der Waals surface area contributed by atoms with Crippen LogP contribution in [0.1, 0.15) is 27.9 Å². The van der Waals surface area contributed by atoms with E-state index in [4.69, 9.17) is 9.47 Å². The summed E-state index contributed by atoms with van der Waals surface area (Å²) < 4.78 is 39.0. The molecule has 2 aliphatic heterocycles. The summed E-state index contributed by atoms with van der Waals surface area (Å²) in [6.45, 7) is 2.75. The molecule has 0 bridgehead atoms. The van der Waals surface area contributed by atoms with Crippen LogP contribution < -0.4 is 19.5 Å². The smallest absolute Gasteiger partial charge is 0.251 e. The number of ether oxygens (including phenoxy) is 2. The third-order valence-corrected chi connectivity index (χ3v) is 7.57. The fraction of sp³-hybridized carbons (Fsp3) is 0.269. The molecule has 3 aromatic carbocycles. The van der Waals surface area contributed by atoms with E-state index in [1.54, 1.807) is 30.3 Å². The van der Waals surface area contributed by atoms with E-state index in [0.29, 0.717) is 17.1 Å². The second-order valence-corrected chi connectivity index (χ2v) is 10.5. The summed E-state index contributed by atoms with van der Waals surface area (Å²) in [5, 5.41) is 3.05. The Kier molecular flexibility index (Phi) is 6.72. The molecule has 1 amide bonds. The maximum Gasteiger partial charge on any atom is 0.251 e. The number of benzene rings is 3. The molecule has 5 rings (SSSR count). The largest absolute Gasteiger partial charge is 0.454 e. The van der Waals surface area contributed by atoms with E-state index in [1.165, 1.54) is 17.7 Å². The fourth-order valence-corrected chi connectivity index (χ4v) is 5.38. The highest BCUT2D eigenvalue weighted by molar-refractivity contribution is 7.89. The number of carbonyl (C=O) groups excluding carboxylic acids is 1. The number of fused-ring (bicyclic) bond motifs is 1. The zero-order chi connectivity index (χ0) is 24.3. The first-order valence-corrected chi connectivity index (χ1v) is 13.0. The van der Waals surface area contributed by atoms with Crippen molar-refractivity contribution >= 4 is 15.9 Å². The van der Waals surface area contributed by atoms with Gasteiger partial charge in [-0.2, -0.15) is 0 Å². The highest BCUT2D eigenvalue weighted by Gasteiger charge is 2.25. The molecule has 0 aliphatic carbocycles. The van der Waals surface area contributed by atoms with Crippen LogP contribution in [0.3, 0.4) is 0 Å². The summed E-state index contributed by atoms with van der Waals surface area (Å²) in [5.41, 5.74) is 2.30. The number of hydrogen-bond donors (Lipinski definition) is 2. The molecule has 1 fully saturated rings. The van der Waals surface area contributed by atoms with Crippen molar-refractivity contribution in [3.63, 3.8) is 0 Å². The van der Waals surface area contributed by atoms with Gasteiger partial charge in [-0.3, -0.25) is 9.69 Å². The van der Waals surface area contributed by atoms with Gasteiger partial charge in [0.2, 0.25) is 16.8 Å². The van der Waals surface area contributed by atoms with Gasteiger partial charge >= 0.3 is 0 Å². The highest BCUT2D eigenvalue weighted by atomic mass is 32.2. The molecule has 0 spiro atoms. The molecular weight excluding hydrogens is 466 g/mol. The Morgan fingerprint density at radius 3 is 2.63 bits per heavy atom. The Bertz CT molecular complexity index is 1310. The van der Waals surface area contributed by atoms with Crippen molar-refractivity contribution in [3.05, 3.63) is 89.5 Å². The summed E-state index contributed by atoms with van der Waals surface area (Å²) in [7, 11) is -3.81. The molecular formula is C26H27N3O5S. The normalized spacial score (nSPS) is 17.4. The first-order valence-electron chi connectivity index (χ1n) is 11.5. The Labute approximate surface area is 204 Å². The zero-order valence-corrected chi connectivity index (χ0v) is 20.0. The molecule has 35 heavy (non-hydrogen) atoms. The third-order valence-electron chi connectivity index (χ3n) is 6.17. The Morgan fingerprint density at radius 1 is 0.943 bits per heavy atom. The lowest BCUT2D eigenvalue weighted by atomic mass is 10.2. The number of nitrogens with zero attached hydrogens (tertiary/aromatic N) is 1. The molecule has 8 nitrogen and oxygen atoms in total. The van der Waals surface area contributed by atoms with Crippen molar-refractivity contribution in [1.29, 1.82) is 0 Å². The average Bonchev–Trinajstić information content (AvgIpc) is 3.52. The van der Waals surface area contributed by atoms with Crippen LogP contribution in [-0.4, -0.2) is 45.1 Å². The minimum atomic E-state index is -3.81. The average molecular weight is 494 g/mol. The fourth-order valence-electron chi connectivity index (χ4n) is 4.32. The van der Waals surface area contributed by atoms with E-state index < -0.39 is 10.0 Å². The predicted molar refractivity (Wildman–Crippen MR) is 131 cm³/mol. The summed E-state index contributed by atoms with van der Waals surface area (Å²) in [4.78, 5) is 15.2. The van der Waals surface area contributed by atoms with Gasteiger partial charge in [-0.05, 0) is 47.9 Å². The van der Waals surface area contributed by atoms with Crippen molar-refractivity contribution in [2.75, 3.05) is 19.9 Å². The number of likely N-dealkylation sites (tertiary alicyclic amines) is 1. The van der Waals surface area contributed by atoms with E-state index >= 15 is 0 Å². The van der Waals surface area contributed by atoms with Crippen LogP contribution in [0.5, 0.6) is 11.5 Å². The maximum absolute atomic E-state index is 12.9. The number of hydrogen-bond acceptors (Lipinski definition) is 6. The van der Waals surface area contributed by atoms with Crippen LogP contribution in [0.4, 0.5) is 0 Å². The lowest BCUT2D eigenvalue weighted by molar-refractivity contribution is 0.0937. The Hall–Kier alpha value is -3.40. The van der Waals surface area contributed by atoms with Gasteiger partial charge in [0.05, 0.1) is 4.90 Å². The third kappa shape index (κ3) is 5.64. The number of rotatable bonds is 8. The van der Waals surface area contributed by atoms with Gasteiger partial charge in [0.25, 0.3) is 5.91 Å². The first kappa shape index (κ1) is 23.3. The van der Waals surface area contributed by atoms with Crippen molar-refractivity contribution < 1.29 is 22.7 Å². The second-order valence-electron chi connectivity index (χ2n) is 8.72. The molecule has 0 radical (unpaired) electrons. The van der Waals surface area contributed by atoms with Crippen molar-refractivity contribution in [1.82, 2.24) is 14.9 Å². The summed E-state index contributed by atoms with van der Waals surface area (Å²) >= 11 is 0. The van der Waals surface area contributed by atoms with Crippen molar-refractivity contribution in [2.45, 2.75) is 30.4 Å². The van der Waals surface area contributed by atoms with E-state index in [1.807, 2.05) is 18.2 Å². The van der Waals surface area contributed by atoms with Crippen LogP contribution >= 0.6 is 0 Å². The molecule has 1 unspecified atom stereocenters. The zero-order valence-electron chi connectivity index (χ0n) is 19.1. The van der Waals surface area contributed by atoms with Crippen LogP contribution in [0.25, 0.3) is 0 Å². The van der Waals surface area contributed by atoms with Gasteiger partial charge < -0.3 is 14.8 Å². The molecule has 9 heteroatoms. The Balaban J connectivity index is 1.18. The van der Waals surface area contributed by atoms with Crippen molar-refractivity contribution in [3.8, 4) is 11.5 Å². The van der Waals surface area contributed by atoms with E-state index in [2.05, 4.69) is 27.1 Å². The van der Waals surface area contributed by atoms with Gasteiger partial charge in [-0.15, -0.1) is 0 Å². The minimum absolute atomic E-state index is 0.0237. The molecule has 2 heterocycles. The molecule has 0 saturated carbocycles. The highest BCUT2D eigenvalue weighted by Crippen LogP contribution is 2.32. The SMILES string of the molecule is O=C(NC1CCN(Cc2ccccc2)C1)c1cccc(S(=O)(=O)NCc2ccc3c(c2)OCO3)c1. The minimum Gasteiger partial charge on any atom is -0.454 e. The van der Waals surface area contributed by atoms with Gasteiger partial charge in [0.15, 0.2) is 11.5 Å². The number of nitrogens with one attached hydrogen (secondary N) is 2. The molecule has 1 saturated heterocycles. The molecule has 2 N–H and O–H groups in total. The van der Waals surface area contributed by atoms with E-state index in [9.17, 15) is 13.2 Å². The summed E-state index contributed by atoms with van der Waals surface area (Å²) in [6, 6.07) is 21.6. The monoisotopic (exact) mass is 493 g/mol. The number of sulfonamides is 1. The maximum atomic E-state index is 12.9. The predicted octanol–water partition coefficient (Wildman–Crippen LogP) is 2.90. The topological polar surface area (TPSA) is 97.0 Å². The van der Waals surface area contributed by atoms with Gasteiger partial charge in [0, 0.05) is 37.8 Å². The standard InChI is InChI=1S/C26H27N3O5S/c30-26(28-22-11-12-29(17-22)16-19-5-2-1-3-6-19)21-7-4-8-23(14-21)35(31,32)27-15-20-9-10-24-25(13-20)34-18-33-24/h1-10,13-14,22,27H,11-12,15-18H2,(H,28,30). The summed E-state index contributed by atoms with van der Waals surface area (Å²) in [6.07, 6.45) is 0.855. The van der Waals surface area contributed by atoms with Gasteiger partial charge in [-0.25, -0.2) is 13.1 Å². The van der Waals surface area contributed by atoms with Crippen LogP contribution in [0.2, 0.25) is 0 Å². The van der Waals surface area contributed by atoms with Gasteiger partial charge in [0.1, 0.15) is 0 Å². The number of amides is 1. The Morgan fingerprint density at radius 2 is 1.77 bits per heavy atom. The van der Waals surface area contributed by atoms with Crippen LogP contribution in [0.15, 0.2) is 77.7 Å². The molecule has 2 aliphatic rings. The summed E-state index contributed by atoms with van der Waals surface area (Å²) in [5.74, 6) is 0.958.